The number of aromatic nitrogens is 1. The average Bonchev–Trinajstić information content (AvgIpc) is 2.69. The Labute approximate surface area is 86.7 Å². The summed E-state index contributed by atoms with van der Waals surface area (Å²) in [7, 11) is 0. The minimum absolute atomic E-state index is 1.03. The fourth-order valence-corrected chi connectivity index (χ4v) is 1.63. The number of nitrogens with zero attached hydrogens (tertiary/aromatic N) is 1. The lowest BCUT2D eigenvalue weighted by atomic mass is 10.1. The fraction of sp³-hybridized carbons (Fsp3) is 0.750. The molecule has 14 heavy (non-hydrogen) atoms. The molecule has 80 valence electrons. The van der Waals surface area contributed by atoms with Crippen molar-refractivity contribution in [3.05, 3.63) is 18.0 Å². The zero-order valence-electron chi connectivity index (χ0n) is 9.17. The van der Waals surface area contributed by atoms with E-state index in [1.165, 1.54) is 44.9 Å². The lowest BCUT2D eigenvalue weighted by Crippen LogP contribution is -1.83. The van der Waals surface area contributed by atoms with E-state index in [1.54, 1.807) is 6.20 Å². The Kier molecular flexibility index (Phi) is 6.13. The van der Waals surface area contributed by atoms with Crippen molar-refractivity contribution >= 4 is 0 Å². The molecule has 0 aliphatic carbocycles. The Morgan fingerprint density at radius 1 is 1.07 bits per heavy atom. The molecule has 1 rings (SSSR count). The highest BCUT2D eigenvalue weighted by molar-refractivity contribution is 4.92. The normalized spacial score (nSPS) is 10.6. The van der Waals surface area contributed by atoms with E-state index in [-0.39, 0.29) is 0 Å². The monoisotopic (exact) mass is 195 g/mol. The van der Waals surface area contributed by atoms with Gasteiger partial charge >= 0.3 is 0 Å². The van der Waals surface area contributed by atoms with Gasteiger partial charge < -0.3 is 4.52 Å². The third kappa shape index (κ3) is 5.05. The Bertz CT molecular complexity index is 206. The summed E-state index contributed by atoms with van der Waals surface area (Å²) < 4.78 is 5.03. The summed E-state index contributed by atoms with van der Waals surface area (Å²) in [5.74, 6) is 1.03. The first-order valence-corrected chi connectivity index (χ1v) is 5.83. The van der Waals surface area contributed by atoms with Gasteiger partial charge in [0.2, 0.25) is 0 Å². The van der Waals surface area contributed by atoms with Gasteiger partial charge in [0, 0.05) is 12.5 Å². The van der Waals surface area contributed by atoms with Crippen LogP contribution in [0.5, 0.6) is 0 Å². The van der Waals surface area contributed by atoms with Gasteiger partial charge in [0.05, 0.1) is 6.20 Å². The minimum atomic E-state index is 1.03. The van der Waals surface area contributed by atoms with Crippen molar-refractivity contribution in [3.63, 3.8) is 0 Å². The maximum atomic E-state index is 5.03. The number of aryl methyl sites for hydroxylation is 1. The molecule has 0 unspecified atom stereocenters. The van der Waals surface area contributed by atoms with Crippen LogP contribution in [0.15, 0.2) is 16.8 Å². The molecular formula is C12H21NO. The SMILES string of the molecule is CCCCCCCCCc1ccno1. The van der Waals surface area contributed by atoms with E-state index in [0.717, 1.165) is 12.2 Å². The number of hydrogen-bond acceptors (Lipinski definition) is 2. The molecule has 1 heterocycles. The highest BCUT2D eigenvalue weighted by Crippen LogP contribution is 2.09. The molecule has 1 aromatic heterocycles. The molecule has 0 atom stereocenters. The zero-order valence-corrected chi connectivity index (χ0v) is 9.17. The molecule has 0 spiro atoms. The topological polar surface area (TPSA) is 26.0 Å². The standard InChI is InChI=1S/C12H21NO/c1-2-3-4-5-6-7-8-9-12-10-11-13-14-12/h10-11H,2-9H2,1H3. The summed E-state index contributed by atoms with van der Waals surface area (Å²) in [5.41, 5.74) is 0. The summed E-state index contributed by atoms with van der Waals surface area (Å²) in [5, 5.41) is 3.69. The number of rotatable bonds is 8. The molecule has 1 aromatic rings. The maximum Gasteiger partial charge on any atom is 0.136 e. The molecular weight excluding hydrogens is 174 g/mol. The molecule has 0 aliphatic heterocycles. The van der Waals surface area contributed by atoms with Crippen LogP contribution in [0.25, 0.3) is 0 Å². The Morgan fingerprint density at radius 3 is 2.43 bits per heavy atom. The van der Waals surface area contributed by atoms with Crippen LogP contribution in [0.3, 0.4) is 0 Å². The number of hydrogen-bond donors (Lipinski definition) is 0. The summed E-state index contributed by atoms with van der Waals surface area (Å²) >= 11 is 0. The van der Waals surface area contributed by atoms with Crippen molar-refractivity contribution < 1.29 is 4.52 Å². The second kappa shape index (κ2) is 7.60. The molecule has 0 saturated carbocycles. The second-order valence-corrected chi connectivity index (χ2v) is 3.85. The summed E-state index contributed by atoms with van der Waals surface area (Å²) in [6.45, 7) is 2.25. The van der Waals surface area contributed by atoms with Crippen molar-refractivity contribution in [1.29, 1.82) is 0 Å². The Balaban J connectivity index is 1.85. The quantitative estimate of drug-likeness (QED) is 0.587. The third-order valence-electron chi connectivity index (χ3n) is 2.52. The zero-order chi connectivity index (χ0) is 10.1. The van der Waals surface area contributed by atoms with Gasteiger partial charge in [0.25, 0.3) is 0 Å². The van der Waals surface area contributed by atoms with Gasteiger partial charge in [-0.2, -0.15) is 0 Å². The van der Waals surface area contributed by atoms with Crippen LogP contribution >= 0.6 is 0 Å². The van der Waals surface area contributed by atoms with Crippen molar-refractivity contribution in [2.75, 3.05) is 0 Å². The molecule has 2 nitrogen and oxygen atoms in total. The summed E-state index contributed by atoms with van der Waals surface area (Å²) in [6, 6.07) is 1.96. The van der Waals surface area contributed by atoms with E-state index < -0.39 is 0 Å². The van der Waals surface area contributed by atoms with Crippen LogP contribution < -0.4 is 0 Å². The van der Waals surface area contributed by atoms with Crippen molar-refractivity contribution in [1.82, 2.24) is 5.16 Å². The van der Waals surface area contributed by atoms with Gasteiger partial charge in [-0.05, 0) is 6.42 Å². The smallest absolute Gasteiger partial charge is 0.136 e. The van der Waals surface area contributed by atoms with Gasteiger partial charge in [-0.1, -0.05) is 50.6 Å². The van der Waals surface area contributed by atoms with E-state index >= 15 is 0 Å². The van der Waals surface area contributed by atoms with Gasteiger partial charge in [0.15, 0.2) is 0 Å². The summed E-state index contributed by atoms with van der Waals surface area (Å²) in [4.78, 5) is 0. The largest absolute Gasteiger partial charge is 0.361 e. The van der Waals surface area contributed by atoms with Crippen LogP contribution in [0.4, 0.5) is 0 Å². The van der Waals surface area contributed by atoms with Crippen molar-refractivity contribution in [2.24, 2.45) is 0 Å². The van der Waals surface area contributed by atoms with Crippen LogP contribution in [-0.4, -0.2) is 5.16 Å². The van der Waals surface area contributed by atoms with Gasteiger partial charge in [-0.3, -0.25) is 0 Å². The molecule has 2 heteroatoms. The lowest BCUT2D eigenvalue weighted by Gasteiger charge is -1.99. The first-order chi connectivity index (χ1) is 6.93. The molecule has 0 aliphatic rings. The van der Waals surface area contributed by atoms with E-state index in [2.05, 4.69) is 12.1 Å². The molecule has 0 aromatic carbocycles. The van der Waals surface area contributed by atoms with E-state index in [0.29, 0.717) is 0 Å². The molecule has 0 saturated heterocycles. The van der Waals surface area contributed by atoms with Crippen molar-refractivity contribution in [3.8, 4) is 0 Å². The fourth-order valence-electron chi connectivity index (χ4n) is 1.63. The lowest BCUT2D eigenvalue weighted by molar-refractivity contribution is 0.378. The molecule has 0 fully saturated rings. The highest BCUT2D eigenvalue weighted by Gasteiger charge is 1.96. The second-order valence-electron chi connectivity index (χ2n) is 3.85. The van der Waals surface area contributed by atoms with Crippen LogP contribution in [-0.2, 0) is 6.42 Å². The average molecular weight is 195 g/mol. The Hall–Kier alpha value is -0.790. The maximum absolute atomic E-state index is 5.03. The van der Waals surface area contributed by atoms with E-state index in [9.17, 15) is 0 Å². The number of unbranched alkanes of at least 4 members (excludes halogenated alkanes) is 6. The predicted molar refractivity (Wildman–Crippen MR) is 58.2 cm³/mol. The first kappa shape index (κ1) is 11.3. The van der Waals surface area contributed by atoms with E-state index in [4.69, 9.17) is 4.52 Å². The molecule has 0 amide bonds. The summed E-state index contributed by atoms with van der Waals surface area (Å²) in [6.07, 6.45) is 12.2. The van der Waals surface area contributed by atoms with Gasteiger partial charge in [-0.15, -0.1) is 0 Å². The first-order valence-electron chi connectivity index (χ1n) is 5.83. The van der Waals surface area contributed by atoms with Crippen molar-refractivity contribution in [2.45, 2.75) is 58.3 Å². The van der Waals surface area contributed by atoms with Crippen LogP contribution in [0, 0.1) is 0 Å². The van der Waals surface area contributed by atoms with Gasteiger partial charge in [0.1, 0.15) is 5.76 Å². The predicted octanol–water partition coefficient (Wildman–Crippen LogP) is 3.97. The van der Waals surface area contributed by atoms with E-state index in [1.807, 2.05) is 6.07 Å². The van der Waals surface area contributed by atoms with Crippen LogP contribution in [0.1, 0.15) is 57.6 Å². The highest BCUT2D eigenvalue weighted by atomic mass is 16.5. The molecule has 0 radical (unpaired) electrons. The molecule has 0 bridgehead atoms. The molecule has 0 N–H and O–H groups in total. The van der Waals surface area contributed by atoms with Gasteiger partial charge in [-0.25, -0.2) is 0 Å². The minimum Gasteiger partial charge on any atom is -0.361 e. The third-order valence-corrected chi connectivity index (χ3v) is 2.52. The Morgan fingerprint density at radius 2 is 1.79 bits per heavy atom. The van der Waals surface area contributed by atoms with Crippen LogP contribution in [0.2, 0.25) is 0 Å².